The Balaban J connectivity index is 1.84. The van der Waals surface area contributed by atoms with Crippen LogP contribution in [0.2, 0.25) is 0 Å². The van der Waals surface area contributed by atoms with Gasteiger partial charge in [0.15, 0.2) is 0 Å². The highest BCUT2D eigenvalue weighted by atomic mass is 16.5. The minimum absolute atomic E-state index is 0.285. The number of aromatic nitrogens is 2. The summed E-state index contributed by atoms with van der Waals surface area (Å²) in [6.07, 6.45) is 2.10. The molecule has 2 aromatic rings. The molecule has 96 valence electrons. The van der Waals surface area contributed by atoms with E-state index in [9.17, 15) is 0 Å². The van der Waals surface area contributed by atoms with Crippen LogP contribution in [0.4, 0.5) is 0 Å². The van der Waals surface area contributed by atoms with Gasteiger partial charge in [0, 0.05) is 13.1 Å². The summed E-state index contributed by atoms with van der Waals surface area (Å²) in [6, 6.07) is 7.90. The molecule has 1 aromatic heterocycles. The smallest absolute Gasteiger partial charge is 0.0890 e. The second-order valence-corrected chi connectivity index (χ2v) is 4.45. The summed E-state index contributed by atoms with van der Waals surface area (Å²) in [5.41, 5.74) is 2.83. The van der Waals surface area contributed by atoms with Gasteiger partial charge >= 0.3 is 0 Å². The lowest BCUT2D eigenvalue weighted by Crippen LogP contribution is -2.21. The van der Waals surface area contributed by atoms with Crippen molar-refractivity contribution in [2.45, 2.75) is 26.5 Å². The summed E-state index contributed by atoms with van der Waals surface area (Å²) in [4.78, 5) is 8.92. The van der Waals surface area contributed by atoms with E-state index in [0.29, 0.717) is 0 Å². The van der Waals surface area contributed by atoms with Crippen molar-refractivity contribution in [2.24, 2.45) is 0 Å². The standard InChI is InChI=1S/C14H19N3O/c1-11(2)18-8-7-15-9-12-10-16-13-5-3-4-6-14(13)17-12/h3-6,10-11,15H,7-9H2,1-2H3. The number of para-hydroxylation sites is 2. The second kappa shape index (κ2) is 6.42. The Morgan fingerprint density at radius 1 is 1.22 bits per heavy atom. The highest BCUT2D eigenvalue weighted by Crippen LogP contribution is 2.07. The van der Waals surface area contributed by atoms with Gasteiger partial charge in [-0.25, -0.2) is 4.98 Å². The highest BCUT2D eigenvalue weighted by molar-refractivity contribution is 5.73. The molecule has 4 heteroatoms. The van der Waals surface area contributed by atoms with E-state index in [0.717, 1.165) is 36.4 Å². The van der Waals surface area contributed by atoms with Crippen LogP contribution in [0.1, 0.15) is 19.5 Å². The molecular formula is C14H19N3O. The molecule has 1 N–H and O–H groups in total. The van der Waals surface area contributed by atoms with Gasteiger partial charge in [0.2, 0.25) is 0 Å². The van der Waals surface area contributed by atoms with Gasteiger partial charge in [0.05, 0.1) is 35.6 Å². The molecule has 0 aliphatic carbocycles. The molecule has 0 aliphatic heterocycles. The van der Waals surface area contributed by atoms with Crippen molar-refractivity contribution in [3.8, 4) is 0 Å². The Labute approximate surface area is 107 Å². The highest BCUT2D eigenvalue weighted by Gasteiger charge is 1.99. The Morgan fingerprint density at radius 3 is 2.78 bits per heavy atom. The number of ether oxygens (including phenoxy) is 1. The van der Waals surface area contributed by atoms with E-state index in [1.54, 1.807) is 0 Å². The summed E-state index contributed by atoms with van der Waals surface area (Å²) < 4.78 is 5.45. The maximum Gasteiger partial charge on any atom is 0.0890 e. The van der Waals surface area contributed by atoms with Crippen molar-refractivity contribution in [1.82, 2.24) is 15.3 Å². The number of nitrogens with zero attached hydrogens (tertiary/aromatic N) is 2. The van der Waals surface area contributed by atoms with Crippen LogP contribution in [0.3, 0.4) is 0 Å². The van der Waals surface area contributed by atoms with Gasteiger partial charge in [0.25, 0.3) is 0 Å². The zero-order chi connectivity index (χ0) is 12.8. The number of rotatable bonds is 6. The first-order valence-electron chi connectivity index (χ1n) is 6.28. The molecule has 18 heavy (non-hydrogen) atoms. The number of nitrogens with one attached hydrogen (secondary N) is 1. The molecule has 0 saturated carbocycles. The zero-order valence-electron chi connectivity index (χ0n) is 10.9. The number of fused-ring (bicyclic) bond motifs is 1. The molecule has 0 unspecified atom stereocenters. The first-order valence-corrected chi connectivity index (χ1v) is 6.28. The van der Waals surface area contributed by atoms with Crippen LogP contribution in [0.15, 0.2) is 30.5 Å². The fourth-order valence-corrected chi connectivity index (χ4v) is 1.66. The topological polar surface area (TPSA) is 47.0 Å². The molecule has 0 saturated heterocycles. The second-order valence-electron chi connectivity index (χ2n) is 4.45. The van der Waals surface area contributed by atoms with E-state index < -0.39 is 0 Å². The first kappa shape index (κ1) is 12.9. The third-order valence-electron chi connectivity index (χ3n) is 2.53. The van der Waals surface area contributed by atoms with Crippen molar-refractivity contribution in [3.05, 3.63) is 36.2 Å². The van der Waals surface area contributed by atoms with Gasteiger partial charge in [-0.3, -0.25) is 4.98 Å². The molecule has 1 aromatic carbocycles. The molecule has 0 bridgehead atoms. The predicted molar refractivity (Wildman–Crippen MR) is 72.3 cm³/mol. The number of benzene rings is 1. The number of hydrogen-bond donors (Lipinski definition) is 1. The summed E-state index contributed by atoms with van der Waals surface area (Å²) >= 11 is 0. The predicted octanol–water partition coefficient (Wildman–Crippen LogP) is 2.14. The average molecular weight is 245 g/mol. The van der Waals surface area contributed by atoms with E-state index in [-0.39, 0.29) is 6.10 Å². The van der Waals surface area contributed by atoms with Gasteiger partial charge in [-0.2, -0.15) is 0 Å². The van der Waals surface area contributed by atoms with Crippen molar-refractivity contribution >= 4 is 11.0 Å². The van der Waals surface area contributed by atoms with Crippen LogP contribution < -0.4 is 5.32 Å². The molecule has 4 nitrogen and oxygen atoms in total. The minimum Gasteiger partial charge on any atom is -0.377 e. The van der Waals surface area contributed by atoms with Gasteiger partial charge in [0.1, 0.15) is 0 Å². The molecule has 0 fully saturated rings. The zero-order valence-corrected chi connectivity index (χ0v) is 10.9. The molecular weight excluding hydrogens is 226 g/mol. The summed E-state index contributed by atoms with van der Waals surface area (Å²) in [5, 5.41) is 3.29. The molecule has 1 heterocycles. The molecule has 0 amide bonds. The fraction of sp³-hybridized carbons (Fsp3) is 0.429. The third-order valence-corrected chi connectivity index (χ3v) is 2.53. The van der Waals surface area contributed by atoms with E-state index in [1.807, 2.05) is 44.3 Å². The normalized spacial score (nSPS) is 11.3. The largest absolute Gasteiger partial charge is 0.377 e. The molecule has 2 rings (SSSR count). The van der Waals surface area contributed by atoms with Crippen molar-refractivity contribution < 1.29 is 4.74 Å². The maximum absolute atomic E-state index is 5.45. The Morgan fingerprint density at radius 2 is 2.00 bits per heavy atom. The van der Waals surface area contributed by atoms with Crippen LogP contribution in [0, 0.1) is 0 Å². The summed E-state index contributed by atoms with van der Waals surface area (Å²) in [7, 11) is 0. The van der Waals surface area contributed by atoms with E-state index in [4.69, 9.17) is 4.74 Å². The van der Waals surface area contributed by atoms with Crippen molar-refractivity contribution in [2.75, 3.05) is 13.2 Å². The van der Waals surface area contributed by atoms with Gasteiger partial charge in [-0.05, 0) is 26.0 Å². The monoisotopic (exact) mass is 245 g/mol. The van der Waals surface area contributed by atoms with Crippen LogP contribution in [-0.4, -0.2) is 29.2 Å². The van der Waals surface area contributed by atoms with Crippen LogP contribution in [-0.2, 0) is 11.3 Å². The lowest BCUT2D eigenvalue weighted by atomic mass is 10.3. The molecule has 0 radical (unpaired) electrons. The molecule has 0 spiro atoms. The average Bonchev–Trinajstić information content (AvgIpc) is 2.38. The third kappa shape index (κ3) is 3.75. The summed E-state index contributed by atoms with van der Waals surface area (Å²) in [6.45, 7) is 6.34. The quantitative estimate of drug-likeness (QED) is 0.792. The number of hydrogen-bond acceptors (Lipinski definition) is 4. The minimum atomic E-state index is 0.285. The van der Waals surface area contributed by atoms with Crippen LogP contribution in [0.5, 0.6) is 0 Å². The van der Waals surface area contributed by atoms with E-state index >= 15 is 0 Å². The van der Waals surface area contributed by atoms with Crippen LogP contribution in [0.25, 0.3) is 11.0 Å². The van der Waals surface area contributed by atoms with Crippen LogP contribution >= 0.6 is 0 Å². The van der Waals surface area contributed by atoms with Gasteiger partial charge in [-0.1, -0.05) is 12.1 Å². The van der Waals surface area contributed by atoms with Gasteiger partial charge in [-0.15, -0.1) is 0 Å². The first-order chi connectivity index (χ1) is 8.75. The van der Waals surface area contributed by atoms with E-state index in [1.165, 1.54) is 0 Å². The summed E-state index contributed by atoms with van der Waals surface area (Å²) in [5.74, 6) is 0. The molecule has 0 aliphatic rings. The fourth-order valence-electron chi connectivity index (χ4n) is 1.66. The Bertz CT molecular complexity index is 499. The van der Waals surface area contributed by atoms with E-state index in [2.05, 4.69) is 15.3 Å². The molecule has 0 atom stereocenters. The Hall–Kier alpha value is -1.52. The van der Waals surface area contributed by atoms with Crippen molar-refractivity contribution in [1.29, 1.82) is 0 Å². The maximum atomic E-state index is 5.45. The van der Waals surface area contributed by atoms with Gasteiger partial charge < -0.3 is 10.1 Å². The lowest BCUT2D eigenvalue weighted by Gasteiger charge is -2.08. The lowest BCUT2D eigenvalue weighted by molar-refractivity contribution is 0.0806. The SMILES string of the molecule is CC(C)OCCNCc1cnc2ccccc2n1. The van der Waals surface area contributed by atoms with Crippen molar-refractivity contribution in [3.63, 3.8) is 0 Å². The Kier molecular flexibility index (Phi) is 4.61.